The quantitative estimate of drug-likeness (QED) is 0.345. The Morgan fingerprint density at radius 3 is 2.41 bits per heavy atom. The van der Waals surface area contributed by atoms with Crippen molar-refractivity contribution in [1.82, 2.24) is 9.88 Å². The molecule has 0 amide bonds. The lowest BCUT2D eigenvalue weighted by atomic mass is 10.0. The number of nitrogens with one attached hydrogen (secondary N) is 2. The summed E-state index contributed by atoms with van der Waals surface area (Å²) in [6, 6.07) is 22.1. The van der Waals surface area contributed by atoms with Crippen LogP contribution >= 0.6 is 12.2 Å². The number of hydrogen-bond acceptors (Lipinski definition) is 3. The van der Waals surface area contributed by atoms with Crippen LogP contribution in [-0.4, -0.2) is 22.1 Å². The maximum Gasteiger partial charge on any atom is 0.253 e. The third kappa shape index (κ3) is 5.46. The van der Waals surface area contributed by atoms with Gasteiger partial charge in [0.2, 0.25) is 0 Å². The van der Waals surface area contributed by atoms with Crippen molar-refractivity contribution >= 4 is 33.9 Å². The van der Waals surface area contributed by atoms with Crippen LogP contribution in [0.5, 0.6) is 5.75 Å². The lowest BCUT2D eigenvalue weighted by molar-refractivity contribution is 0.406. The number of fused-ring (bicyclic) bond motifs is 1. The van der Waals surface area contributed by atoms with Gasteiger partial charge in [-0.15, -0.1) is 0 Å². The Morgan fingerprint density at radius 2 is 1.71 bits per heavy atom. The summed E-state index contributed by atoms with van der Waals surface area (Å²) in [7, 11) is 1.65. The van der Waals surface area contributed by atoms with Crippen molar-refractivity contribution in [2.75, 3.05) is 12.4 Å². The fourth-order valence-electron chi connectivity index (χ4n) is 3.92. The monoisotopic (exact) mass is 471 g/mol. The summed E-state index contributed by atoms with van der Waals surface area (Å²) in [5, 5.41) is 4.91. The SMILES string of the molecule is COc1ccc(CN(Cc2cc3cc(C)c(C)cc3[nH]c2=O)C(=S)Nc2cccc(C)c2)cc1. The molecule has 0 saturated carbocycles. The summed E-state index contributed by atoms with van der Waals surface area (Å²) in [5.41, 5.74) is 6.88. The first-order valence-electron chi connectivity index (χ1n) is 11.2. The van der Waals surface area contributed by atoms with Crippen LogP contribution in [0.1, 0.15) is 27.8 Å². The Balaban J connectivity index is 1.66. The Labute approximate surface area is 205 Å². The van der Waals surface area contributed by atoms with Crippen LogP contribution in [0.4, 0.5) is 5.69 Å². The molecule has 0 aliphatic carbocycles. The highest BCUT2D eigenvalue weighted by molar-refractivity contribution is 7.80. The fraction of sp³-hybridized carbons (Fsp3) is 0.214. The Bertz CT molecular complexity index is 1390. The van der Waals surface area contributed by atoms with E-state index in [1.807, 2.05) is 79.4 Å². The lowest BCUT2D eigenvalue weighted by Crippen LogP contribution is -2.35. The van der Waals surface area contributed by atoms with Gasteiger partial charge in [0.25, 0.3) is 5.56 Å². The minimum absolute atomic E-state index is 0.103. The molecule has 0 bridgehead atoms. The number of aromatic nitrogens is 1. The summed E-state index contributed by atoms with van der Waals surface area (Å²) in [6.45, 7) is 7.10. The Hall–Kier alpha value is -3.64. The predicted molar refractivity (Wildman–Crippen MR) is 144 cm³/mol. The average Bonchev–Trinajstić information content (AvgIpc) is 2.81. The largest absolute Gasteiger partial charge is 0.497 e. The number of methoxy groups -OCH3 is 1. The van der Waals surface area contributed by atoms with E-state index in [9.17, 15) is 4.79 Å². The van der Waals surface area contributed by atoms with Crippen LogP contribution in [0.15, 0.2) is 71.5 Å². The van der Waals surface area contributed by atoms with Gasteiger partial charge in [-0.25, -0.2) is 0 Å². The van der Waals surface area contributed by atoms with Gasteiger partial charge in [0.05, 0.1) is 13.7 Å². The maximum atomic E-state index is 13.0. The van der Waals surface area contributed by atoms with E-state index in [4.69, 9.17) is 17.0 Å². The number of hydrogen-bond donors (Lipinski definition) is 2. The molecule has 4 rings (SSSR count). The number of nitrogens with zero attached hydrogens (tertiary/aromatic N) is 1. The molecule has 0 atom stereocenters. The second kappa shape index (κ2) is 10.1. The summed E-state index contributed by atoms with van der Waals surface area (Å²) in [5.74, 6) is 0.799. The van der Waals surface area contributed by atoms with Crippen LogP contribution in [0.2, 0.25) is 0 Å². The molecule has 3 aromatic carbocycles. The highest BCUT2D eigenvalue weighted by Gasteiger charge is 2.15. The van der Waals surface area contributed by atoms with Crippen molar-refractivity contribution in [2.45, 2.75) is 33.9 Å². The number of rotatable bonds is 6. The van der Waals surface area contributed by atoms with Crippen LogP contribution in [0.3, 0.4) is 0 Å². The van der Waals surface area contributed by atoms with Gasteiger partial charge in [0.1, 0.15) is 5.75 Å². The Morgan fingerprint density at radius 1 is 0.971 bits per heavy atom. The minimum atomic E-state index is -0.103. The first-order chi connectivity index (χ1) is 16.3. The van der Waals surface area contributed by atoms with Gasteiger partial charge in [0.15, 0.2) is 5.11 Å². The highest BCUT2D eigenvalue weighted by Crippen LogP contribution is 2.20. The van der Waals surface area contributed by atoms with E-state index >= 15 is 0 Å². The molecular formula is C28H29N3O2S. The molecule has 0 spiro atoms. The molecule has 0 aliphatic heterocycles. The van der Waals surface area contributed by atoms with Crippen molar-refractivity contribution in [3.8, 4) is 5.75 Å². The first kappa shape index (κ1) is 23.5. The van der Waals surface area contributed by atoms with Crippen molar-refractivity contribution in [3.05, 3.63) is 105 Å². The highest BCUT2D eigenvalue weighted by atomic mass is 32.1. The van der Waals surface area contributed by atoms with E-state index in [0.717, 1.165) is 39.0 Å². The number of anilines is 1. The zero-order chi connectivity index (χ0) is 24.2. The number of aryl methyl sites for hydroxylation is 3. The van der Waals surface area contributed by atoms with Crippen LogP contribution in [0.25, 0.3) is 10.9 Å². The standard InChI is InChI=1S/C28H29N3O2S/c1-18-6-5-7-24(12-18)29-28(34)31(16-21-8-10-25(33-4)11-9-21)17-23-15-22-13-19(2)20(3)14-26(22)30-27(23)32/h5-15H,16-17H2,1-4H3,(H,29,34)(H,30,32). The summed E-state index contributed by atoms with van der Waals surface area (Å²) in [4.78, 5) is 18.0. The van der Waals surface area contributed by atoms with Crippen molar-refractivity contribution in [2.24, 2.45) is 0 Å². The van der Waals surface area contributed by atoms with Gasteiger partial charge in [-0.1, -0.05) is 24.3 Å². The van der Waals surface area contributed by atoms with Gasteiger partial charge < -0.3 is 19.9 Å². The number of ether oxygens (including phenoxy) is 1. The number of aromatic amines is 1. The molecule has 174 valence electrons. The van der Waals surface area contributed by atoms with E-state index < -0.39 is 0 Å². The molecule has 0 saturated heterocycles. The van der Waals surface area contributed by atoms with E-state index in [2.05, 4.69) is 23.3 Å². The molecule has 0 aliphatic rings. The van der Waals surface area contributed by atoms with Gasteiger partial charge >= 0.3 is 0 Å². The van der Waals surface area contributed by atoms with Gasteiger partial charge in [-0.05, 0) is 103 Å². The number of pyridine rings is 1. The molecule has 0 fully saturated rings. The number of H-pyrrole nitrogens is 1. The lowest BCUT2D eigenvalue weighted by Gasteiger charge is -2.26. The molecule has 2 N–H and O–H groups in total. The topological polar surface area (TPSA) is 57.4 Å². The molecule has 34 heavy (non-hydrogen) atoms. The van der Waals surface area contributed by atoms with Crippen LogP contribution in [-0.2, 0) is 13.1 Å². The minimum Gasteiger partial charge on any atom is -0.497 e. The molecular weight excluding hydrogens is 442 g/mol. The molecule has 1 aromatic heterocycles. The Kier molecular flexibility index (Phi) is 6.98. The van der Waals surface area contributed by atoms with Crippen LogP contribution < -0.4 is 15.6 Å². The van der Waals surface area contributed by atoms with Gasteiger partial charge in [0, 0.05) is 23.3 Å². The maximum absolute atomic E-state index is 13.0. The van der Waals surface area contributed by atoms with Crippen molar-refractivity contribution in [1.29, 1.82) is 0 Å². The smallest absolute Gasteiger partial charge is 0.253 e. The number of thiocarbonyl (C=S) groups is 1. The zero-order valence-corrected chi connectivity index (χ0v) is 20.8. The second-order valence-corrected chi connectivity index (χ2v) is 9.04. The fourth-order valence-corrected chi connectivity index (χ4v) is 4.17. The van der Waals surface area contributed by atoms with E-state index in [0.29, 0.717) is 23.8 Å². The molecule has 5 nitrogen and oxygen atoms in total. The van der Waals surface area contributed by atoms with Gasteiger partial charge in [-0.3, -0.25) is 4.79 Å². The van der Waals surface area contributed by atoms with Crippen molar-refractivity contribution in [3.63, 3.8) is 0 Å². The summed E-state index contributed by atoms with van der Waals surface area (Å²) < 4.78 is 5.28. The summed E-state index contributed by atoms with van der Waals surface area (Å²) in [6.07, 6.45) is 0. The molecule has 4 aromatic rings. The second-order valence-electron chi connectivity index (χ2n) is 8.65. The van der Waals surface area contributed by atoms with Gasteiger partial charge in [-0.2, -0.15) is 0 Å². The normalized spacial score (nSPS) is 10.8. The zero-order valence-electron chi connectivity index (χ0n) is 19.9. The van der Waals surface area contributed by atoms with E-state index in [-0.39, 0.29) is 5.56 Å². The molecule has 0 radical (unpaired) electrons. The summed E-state index contributed by atoms with van der Waals surface area (Å²) >= 11 is 5.80. The molecule has 0 unspecified atom stereocenters. The van der Waals surface area contributed by atoms with E-state index in [1.54, 1.807) is 7.11 Å². The van der Waals surface area contributed by atoms with E-state index in [1.165, 1.54) is 5.56 Å². The molecule has 1 heterocycles. The predicted octanol–water partition coefficient (Wildman–Crippen LogP) is 5.86. The average molecular weight is 472 g/mol. The van der Waals surface area contributed by atoms with Crippen LogP contribution in [0, 0.1) is 20.8 Å². The van der Waals surface area contributed by atoms with Crippen molar-refractivity contribution < 1.29 is 4.74 Å². The first-order valence-corrected chi connectivity index (χ1v) is 11.6. The third-order valence-electron chi connectivity index (χ3n) is 5.99. The molecule has 6 heteroatoms. The number of benzene rings is 3. The third-order valence-corrected chi connectivity index (χ3v) is 6.35.